The summed E-state index contributed by atoms with van der Waals surface area (Å²) in [6.45, 7) is 2.41. The minimum atomic E-state index is -0.458. The molecule has 1 fully saturated rings. The highest BCUT2D eigenvalue weighted by molar-refractivity contribution is 5.94. The smallest absolute Gasteiger partial charge is 0.276 e. The van der Waals surface area contributed by atoms with Crippen LogP contribution in [0.1, 0.15) is 40.6 Å². The van der Waals surface area contributed by atoms with Crippen LogP contribution < -0.4 is 0 Å². The van der Waals surface area contributed by atoms with Crippen LogP contribution in [0.15, 0.2) is 66.7 Å². The molecule has 3 aromatic carbocycles. The number of fused-ring (bicyclic) bond motifs is 1. The Morgan fingerprint density at radius 2 is 1.88 bits per heavy atom. The molecule has 2 heterocycles. The van der Waals surface area contributed by atoms with E-state index in [1.807, 2.05) is 23.1 Å². The van der Waals surface area contributed by atoms with Crippen LogP contribution in [0.4, 0.5) is 5.69 Å². The molecular formula is C24H21N5O3. The molecule has 1 unspecified atom stereocenters. The first-order valence-corrected chi connectivity index (χ1v) is 10.5. The van der Waals surface area contributed by atoms with Crippen molar-refractivity contribution in [1.29, 1.82) is 0 Å². The second-order valence-corrected chi connectivity index (χ2v) is 7.94. The Morgan fingerprint density at radius 3 is 2.72 bits per heavy atom. The van der Waals surface area contributed by atoms with E-state index in [1.54, 1.807) is 19.1 Å². The molecule has 1 amide bonds. The number of nitro groups is 1. The Bertz CT molecular complexity index is 1340. The van der Waals surface area contributed by atoms with Gasteiger partial charge in [0.2, 0.25) is 0 Å². The lowest BCUT2D eigenvalue weighted by Crippen LogP contribution is -2.31. The molecule has 1 aliphatic rings. The van der Waals surface area contributed by atoms with Crippen molar-refractivity contribution in [3.8, 4) is 5.69 Å². The molecule has 1 aliphatic heterocycles. The average molecular weight is 427 g/mol. The van der Waals surface area contributed by atoms with E-state index >= 15 is 0 Å². The molecule has 4 aromatic rings. The van der Waals surface area contributed by atoms with Crippen LogP contribution in [0.3, 0.4) is 0 Å². The standard InChI is InChI=1S/C24H21N5O3/c1-16-23(25-26-28(16)18-9-5-10-19(15-18)29(31)32)24(30)27-14-6-13-22(27)21-12-4-8-17-7-2-3-11-20(17)21/h2-5,7-12,15,22H,6,13-14H2,1H3. The summed E-state index contributed by atoms with van der Waals surface area (Å²) in [5.74, 6) is -0.172. The van der Waals surface area contributed by atoms with Gasteiger partial charge in [0.1, 0.15) is 0 Å². The van der Waals surface area contributed by atoms with Gasteiger partial charge in [-0.3, -0.25) is 14.9 Å². The number of aromatic nitrogens is 3. The molecule has 32 heavy (non-hydrogen) atoms. The highest BCUT2D eigenvalue weighted by Gasteiger charge is 2.34. The van der Waals surface area contributed by atoms with Gasteiger partial charge in [-0.1, -0.05) is 53.7 Å². The van der Waals surface area contributed by atoms with Gasteiger partial charge in [-0.05, 0) is 42.2 Å². The first kappa shape index (κ1) is 19.9. The van der Waals surface area contributed by atoms with Crippen LogP contribution in [0.25, 0.3) is 16.5 Å². The van der Waals surface area contributed by atoms with Gasteiger partial charge < -0.3 is 4.90 Å². The van der Waals surface area contributed by atoms with E-state index < -0.39 is 4.92 Å². The zero-order valence-corrected chi connectivity index (χ0v) is 17.5. The van der Waals surface area contributed by atoms with Crippen molar-refractivity contribution in [2.45, 2.75) is 25.8 Å². The van der Waals surface area contributed by atoms with Crippen molar-refractivity contribution in [2.24, 2.45) is 0 Å². The van der Waals surface area contributed by atoms with Gasteiger partial charge in [0, 0.05) is 18.7 Å². The molecule has 0 radical (unpaired) electrons. The lowest BCUT2D eigenvalue weighted by Gasteiger charge is -2.25. The molecule has 0 saturated carbocycles. The number of carbonyl (C=O) groups excluding carboxylic acids is 1. The molecule has 160 valence electrons. The van der Waals surface area contributed by atoms with E-state index in [0.717, 1.165) is 29.2 Å². The van der Waals surface area contributed by atoms with Crippen LogP contribution in [0, 0.1) is 17.0 Å². The lowest BCUT2D eigenvalue weighted by atomic mass is 9.97. The molecule has 8 heteroatoms. The first-order valence-electron chi connectivity index (χ1n) is 10.5. The van der Waals surface area contributed by atoms with Gasteiger partial charge in [0.15, 0.2) is 5.69 Å². The summed E-state index contributed by atoms with van der Waals surface area (Å²) in [5, 5.41) is 21.7. The largest absolute Gasteiger partial charge is 0.330 e. The quantitative estimate of drug-likeness (QED) is 0.350. The maximum absolute atomic E-state index is 13.5. The van der Waals surface area contributed by atoms with E-state index in [4.69, 9.17) is 0 Å². The van der Waals surface area contributed by atoms with Gasteiger partial charge in [-0.2, -0.15) is 0 Å². The summed E-state index contributed by atoms with van der Waals surface area (Å²) in [7, 11) is 0. The highest BCUT2D eigenvalue weighted by atomic mass is 16.6. The van der Waals surface area contributed by atoms with Gasteiger partial charge in [0.25, 0.3) is 11.6 Å². The van der Waals surface area contributed by atoms with Crippen LogP contribution in [0.5, 0.6) is 0 Å². The predicted molar refractivity (Wildman–Crippen MR) is 120 cm³/mol. The molecule has 0 bridgehead atoms. The fourth-order valence-corrected chi connectivity index (χ4v) is 4.52. The fourth-order valence-electron chi connectivity index (χ4n) is 4.52. The maximum Gasteiger partial charge on any atom is 0.276 e. The molecule has 1 atom stereocenters. The van der Waals surface area contributed by atoms with Gasteiger partial charge in [-0.15, -0.1) is 5.10 Å². The van der Waals surface area contributed by atoms with Crippen LogP contribution in [-0.2, 0) is 0 Å². The van der Waals surface area contributed by atoms with Gasteiger partial charge in [-0.25, -0.2) is 4.68 Å². The number of non-ortho nitro benzene ring substituents is 1. The third-order valence-corrected chi connectivity index (χ3v) is 6.08. The Morgan fingerprint density at radius 1 is 1.09 bits per heavy atom. The molecule has 1 saturated heterocycles. The number of amides is 1. The Balaban J connectivity index is 1.49. The minimum absolute atomic E-state index is 0.0315. The molecular weight excluding hydrogens is 406 g/mol. The zero-order chi connectivity index (χ0) is 22.2. The third kappa shape index (κ3) is 3.30. The lowest BCUT2D eigenvalue weighted by molar-refractivity contribution is -0.384. The Kier molecular flexibility index (Phi) is 4.89. The Labute approximate surface area is 184 Å². The van der Waals surface area contributed by atoms with Gasteiger partial charge >= 0.3 is 0 Å². The van der Waals surface area contributed by atoms with E-state index in [9.17, 15) is 14.9 Å². The van der Waals surface area contributed by atoms with Crippen molar-refractivity contribution >= 4 is 22.4 Å². The summed E-state index contributed by atoms with van der Waals surface area (Å²) in [6, 6.07) is 20.5. The number of nitrogens with zero attached hydrogens (tertiary/aromatic N) is 5. The number of likely N-dealkylation sites (tertiary alicyclic amines) is 1. The fraction of sp³-hybridized carbons (Fsp3) is 0.208. The monoisotopic (exact) mass is 427 g/mol. The van der Waals surface area contributed by atoms with Crippen molar-refractivity contribution in [2.75, 3.05) is 6.54 Å². The molecule has 8 nitrogen and oxygen atoms in total. The molecule has 0 N–H and O–H groups in total. The predicted octanol–water partition coefficient (Wildman–Crippen LogP) is 4.61. The second-order valence-electron chi connectivity index (χ2n) is 7.94. The van der Waals surface area contributed by atoms with E-state index in [0.29, 0.717) is 17.9 Å². The first-order chi connectivity index (χ1) is 15.5. The van der Waals surface area contributed by atoms with Crippen LogP contribution in [0.2, 0.25) is 0 Å². The highest BCUT2D eigenvalue weighted by Crippen LogP contribution is 2.37. The van der Waals surface area contributed by atoms with E-state index in [-0.39, 0.29) is 23.3 Å². The van der Waals surface area contributed by atoms with Crippen molar-refractivity contribution in [3.05, 3.63) is 93.8 Å². The minimum Gasteiger partial charge on any atom is -0.330 e. The van der Waals surface area contributed by atoms with Crippen molar-refractivity contribution < 1.29 is 9.72 Å². The SMILES string of the molecule is Cc1c(C(=O)N2CCCC2c2cccc3ccccc23)nnn1-c1cccc([N+](=O)[O-])c1. The average Bonchev–Trinajstić information content (AvgIpc) is 3.45. The number of nitro benzene ring substituents is 1. The third-order valence-electron chi connectivity index (χ3n) is 6.08. The second kappa shape index (κ2) is 7.88. The zero-order valence-electron chi connectivity index (χ0n) is 17.5. The molecule has 0 spiro atoms. The van der Waals surface area contributed by atoms with Crippen molar-refractivity contribution in [3.63, 3.8) is 0 Å². The van der Waals surface area contributed by atoms with Crippen LogP contribution >= 0.6 is 0 Å². The van der Waals surface area contributed by atoms with Crippen molar-refractivity contribution in [1.82, 2.24) is 19.9 Å². The summed E-state index contributed by atoms with van der Waals surface area (Å²) < 4.78 is 1.48. The summed E-state index contributed by atoms with van der Waals surface area (Å²) in [4.78, 5) is 26.0. The number of benzene rings is 3. The normalized spacial score (nSPS) is 15.9. The number of hydrogen-bond acceptors (Lipinski definition) is 5. The molecule has 0 aliphatic carbocycles. The van der Waals surface area contributed by atoms with E-state index in [2.05, 4.69) is 34.6 Å². The number of carbonyl (C=O) groups is 1. The summed E-state index contributed by atoms with van der Waals surface area (Å²) in [6.07, 6.45) is 1.80. The maximum atomic E-state index is 13.5. The van der Waals surface area contributed by atoms with Gasteiger partial charge in [0.05, 0.1) is 22.3 Å². The number of hydrogen-bond donors (Lipinski definition) is 0. The summed E-state index contributed by atoms with van der Waals surface area (Å²) >= 11 is 0. The Hall–Kier alpha value is -4.07. The number of rotatable bonds is 4. The van der Waals surface area contributed by atoms with E-state index in [1.165, 1.54) is 16.8 Å². The topological polar surface area (TPSA) is 94.2 Å². The summed E-state index contributed by atoms with van der Waals surface area (Å²) in [5.41, 5.74) is 2.41. The van der Waals surface area contributed by atoms with Crippen LogP contribution in [-0.4, -0.2) is 37.3 Å². The molecule has 1 aromatic heterocycles. The molecule has 5 rings (SSSR count).